The second-order valence-electron chi connectivity index (χ2n) is 5.38. The Hall–Kier alpha value is -1.04. The highest BCUT2D eigenvalue weighted by Gasteiger charge is 2.53. The van der Waals surface area contributed by atoms with Crippen molar-refractivity contribution in [2.45, 2.75) is 39.5 Å². The maximum Gasteiger partial charge on any atom is 0.243 e. The largest absolute Gasteiger partial charge is 0.341 e. The Kier molecular flexibility index (Phi) is 2.92. The lowest BCUT2D eigenvalue weighted by Gasteiger charge is -2.37. The van der Waals surface area contributed by atoms with E-state index in [1.54, 1.807) is 0 Å². The van der Waals surface area contributed by atoms with E-state index < -0.39 is 5.41 Å². The van der Waals surface area contributed by atoms with Crippen molar-refractivity contribution in [2.75, 3.05) is 13.1 Å². The minimum Gasteiger partial charge on any atom is -0.341 e. The first kappa shape index (κ1) is 11.4. The van der Waals surface area contributed by atoms with Gasteiger partial charge in [-0.3, -0.25) is 4.79 Å². The fourth-order valence-corrected chi connectivity index (χ4v) is 2.67. The molecule has 0 aromatic heterocycles. The molecule has 2 unspecified atom stereocenters. The van der Waals surface area contributed by atoms with Crippen LogP contribution in [0.1, 0.15) is 39.5 Å². The molecule has 1 saturated heterocycles. The van der Waals surface area contributed by atoms with Crippen LogP contribution in [0.5, 0.6) is 0 Å². The zero-order chi connectivity index (χ0) is 11.8. The number of nitriles is 1. The van der Waals surface area contributed by atoms with E-state index in [9.17, 15) is 4.79 Å². The molecule has 0 bridgehead atoms. The third-order valence-electron chi connectivity index (χ3n) is 4.30. The van der Waals surface area contributed by atoms with Crippen molar-refractivity contribution in [3.63, 3.8) is 0 Å². The first-order valence-electron chi connectivity index (χ1n) is 6.33. The van der Waals surface area contributed by atoms with Gasteiger partial charge < -0.3 is 4.90 Å². The van der Waals surface area contributed by atoms with Crippen molar-refractivity contribution in [3.05, 3.63) is 0 Å². The zero-order valence-electron chi connectivity index (χ0n) is 10.2. The average molecular weight is 220 g/mol. The van der Waals surface area contributed by atoms with Crippen molar-refractivity contribution in [1.82, 2.24) is 4.90 Å². The summed E-state index contributed by atoms with van der Waals surface area (Å²) >= 11 is 0. The van der Waals surface area contributed by atoms with Crippen LogP contribution in [-0.4, -0.2) is 23.9 Å². The Balaban J connectivity index is 2.01. The summed E-state index contributed by atoms with van der Waals surface area (Å²) in [6.45, 7) is 6.17. The summed E-state index contributed by atoms with van der Waals surface area (Å²) in [7, 11) is 0. The van der Waals surface area contributed by atoms with Crippen LogP contribution in [0.25, 0.3) is 0 Å². The molecule has 0 N–H and O–H groups in total. The van der Waals surface area contributed by atoms with E-state index in [1.165, 1.54) is 0 Å². The average Bonchev–Trinajstić information content (AvgIpc) is 3.09. The maximum absolute atomic E-state index is 12.2. The van der Waals surface area contributed by atoms with Crippen molar-refractivity contribution >= 4 is 5.91 Å². The minimum absolute atomic E-state index is 0.0975. The summed E-state index contributed by atoms with van der Waals surface area (Å²) in [5, 5.41) is 9.04. The fourth-order valence-electron chi connectivity index (χ4n) is 2.67. The van der Waals surface area contributed by atoms with E-state index in [0.29, 0.717) is 11.8 Å². The van der Waals surface area contributed by atoms with Crippen LogP contribution in [0, 0.1) is 28.6 Å². The smallest absolute Gasteiger partial charge is 0.243 e. The summed E-state index contributed by atoms with van der Waals surface area (Å²) in [6, 6.07) is 2.20. The Labute approximate surface area is 97.4 Å². The molecule has 0 aromatic rings. The van der Waals surface area contributed by atoms with Crippen molar-refractivity contribution in [3.8, 4) is 6.07 Å². The highest BCUT2D eigenvalue weighted by atomic mass is 16.2. The molecule has 1 amide bonds. The minimum atomic E-state index is -0.626. The normalized spacial score (nSPS) is 31.9. The molecule has 3 heteroatoms. The fraction of sp³-hybridized carbons (Fsp3) is 0.846. The van der Waals surface area contributed by atoms with E-state index in [-0.39, 0.29) is 5.91 Å². The first-order chi connectivity index (χ1) is 7.63. The molecule has 3 nitrogen and oxygen atoms in total. The number of carbonyl (C=O) groups excluding carboxylic acids is 1. The molecule has 2 atom stereocenters. The topological polar surface area (TPSA) is 44.1 Å². The van der Waals surface area contributed by atoms with Gasteiger partial charge in [0, 0.05) is 13.1 Å². The molecule has 0 radical (unpaired) electrons. The summed E-state index contributed by atoms with van der Waals surface area (Å²) in [5.41, 5.74) is -0.626. The van der Waals surface area contributed by atoms with Crippen LogP contribution in [0.2, 0.25) is 0 Å². The predicted molar refractivity (Wildman–Crippen MR) is 61.4 cm³/mol. The predicted octanol–water partition coefficient (Wildman–Crippen LogP) is 2.18. The molecular formula is C13H20N2O. The molecule has 2 aliphatic rings. The summed E-state index contributed by atoms with van der Waals surface area (Å²) in [5.74, 6) is 1.43. The second kappa shape index (κ2) is 4.08. The van der Waals surface area contributed by atoms with Crippen molar-refractivity contribution in [2.24, 2.45) is 17.3 Å². The Bertz CT molecular complexity index is 327. The highest BCUT2D eigenvalue weighted by Crippen LogP contribution is 2.47. The van der Waals surface area contributed by atoms with E-state index in [4.69, 9.17) is 5.26 Å². The third-order valence-corrected chi connectivity index (χ3v) is 4.30. The Morgan fingerprint density at radius 1 is 1.56 bits per heavy atom. The van der Waals surface area contributed by atoms with Gasteiger partial charge >= 0.3 is 0 Å². The van der Waals surface area contributed by atoms with Gasteiger partial charge in [0.2, 0.25) is 5.91 Å². The lowest BCUT2D eigenvalue weighted by molar-refractivity contribution is -0.137. The molecule has 88 valence electrons. The monoisotopic (exact) mass is 220 g/mol. The molecule has 1 aliphatic carbocycles. The lowest BCUT2D eigenvalue weighted by atomic mass is 9.84. The number of piperidine rings is 1. The number of amides is 1. The van der Waals surface area contributed by atoms with Gasteiger partial charge in [-0.05, 0) is 31.1 Å². The SMILES string of the molecule is CCC1CN(C(=O)C2(C#N)CC2)CCC1C. The standard InChI is InChI=1S/C13H20N2O/c1-3-11-8-15(7-4-10(11)2)12(16)13(9-14)5-6-13/h10-11H,3-8H2,1-2H3. The molecule has 2 fully saturated rings. The van der Waals surface area contributed by atoms with Gasteiger partial charge in [0.25, 0.3) is 0 Å². The van der Waals surface area contributed by atoms with E-state index in [0.717, 1.165) is 38.8 Å². The van der Waals surface area contributed by atoms with Crippen LogP contribution in [0.15, 0.2) is 0 Å². The molecule has 1 saturated carbocycles. The Morgan fingerprint density at radius 3 is 2.75 bits per heavy atom. The van der Waals surface area contributed by atoms with Gasteiger partial charge in [0.1, 0.15) is 5.41 Å². The number of likely N-dealkylation sites (tertiary alicyclic amines) is 1. The molecule has 0 aromatic carbocycles. The van der Waals surface area contributed by atoms with Crippen molar-refractivity contribution < 1.29 is 4.79 Å². The highest BCUT2D eigenvalue weighted by molar-refractivity contribution is 5.88. The molecular weight excluding hydrogens is 200 g/mol. The van der Waals surface area contributed by atoms with Gasteiger partial charge in [-0.15, -0.1) is 0 Å². The molecule has 1 heterocycles. The van der Waals surface area contributed by atoms with Gasteiger partial charge in [-0.2, -0.15) is 5.26 Å². The van der Waals surface area contributed by atoms with Gasteiger partial charge in [0.05, 0.1) is 6.07 Å². The van der Waals surface area contributed by atoms with Gasteiger partial charge in [0.15, 0.2) is 0 Å². The molecule has 2 rings (SSSR count). The first-order valence-corrected chi connectivity index (χ1v) is 6.33. The van der Waals surface area contributed by atoms with E-state index in [2.05, 4.69) is 19.9 Å². The van der Waals surface area contributed by atoms with Crippen LogP contribution in [0.3, 0.4) is 0 Å². The van der Waals surface area contributed by atoms with E-state index >= 15 is 0 Å². The maximum atomic E-state index is 12.2. The Morgan fingerprint density at radius 2 is 2.25 bits per heavy atom. The number of rotatable bonds is 2. The van der Waals surface area contributed by atoms with Crippen LogP contribution >= 0.6 is 0 Å². The summed E-state index contributed by atoms with van der Waals surface area (Å²) in [4.78, 5) is 14.1. The summed E-state index contributed by atoms with van der Waals surface area (Å²) < 4.78 is 0. The van der Waals surface area contributed by atoms with Gasteiger partial charge in [-0.25, -0.2) is 0 Å². The number of carbonyl (C=O) groups is 1. The number of hydrogen-bond donors (Lipinski definition) is 0. The van der Waals surface area contributed by atoms with Crippen LogP contribution in [-0.2, 0) is 4.79 Å². The lowest BCUT2D eigenvalue weighted by Crippen LogP contribution is -2.45. The van der Waals surface area contributed by atoms with Crippen LogP contribution in [0.4, 0.5) is 0 Å². The third kappa shape index (κ3) is 1.81. The number of hydrogen-bond acceptors (Lipinski definition) is 2. The molecule has 0 spiro atoms. The number of nitrogens with zero attached hydrogens (tertiary/aromatic N) is 2. The van der Waals surface area contributed by atoms with Crippen molar-refractivity contribution in [1.29, 1.82) is 5.26 Å². The molecule has 1 aliphatic heterocycles. The zero-order valence-corrected chi connectivity index (χ0v) is 10.2. The van der Waals surface area contributed by atoms with E-state index in [1.807, 2.05) is 4.90 Å². The van der Waals surface area contributed by atoms with Crippen LogP contribution < -0.4 is 0 Å². The molecule has 16 heavy (non-hydrogen) atoms. The summed E-state index contributed by atoms with van der Waals surface area (Å²) in [6.07, 6.45) is 3.76. The quantitative estimate of drug-likeness (QED) is 0.716. The second-order valence-corrected chi connectivity index (χ2v) is 5.38. The van der Waals surface area contributed by atoms with Gasteiger partial charge in [-0.1, -0.05) is 20.3 Å².